The molecule has 1 fully saturated rings. The number of carbonyl (C=O) groups is 1. The third-order valence-electron chi connectivity index (χ3n) is 4.32. The molecule has 0 radical (unpaired) electrons. The van der Waals surface area contributed by atoms with Gasteiger partial charge in [0.15, 0.2) is 5.17 Å². The quantitative estimate of drug-likeness (QED) is 0.794. The Morgan fingerprint density at radius 2 is 2.09 bits per heavy atom. The van der Waals surface area contributed by atoms with Crippen molar-refractivity contribution < 1.29 is 4.79 Å². The molecule has 1 aromatic heterocycles. The van der Waals surface area contributed by atoms with Crippen molar-refractivity contribution in [3.63, 3.8) is 0 Å². The molecule has 0 spiro atoms. The summed E-state index contributed by atoms with van der Waals surface area (Å²) in [4.78, 5) is 18.8. The summed E-state index contributed by atoms with van der Waals surface area (Å²) in [6.45, 7) is 4.40. The summed E-state index contributed by atoms with van der Waals surface area (Å²) in [5, 5.41) is 1.92. The minimum Gasteiger partial charge on any atom is -0.344 e. The van der Waals surface area contributed by atoms with Crippen molar-refractivity contribution in [2.45, 2.75) is 26.3 Å². The fourth-order valence-corrected chi connectivity index (χ4v) is 3.72. The van der Waals surface area contributed by atoms with E-state index in [0.29, 0.717) is 6.04 Å². The van der Waals surface area contributed by atoms with Gasteiger partial charge in [-0.05, 0) is 37.2 Å². The van der Waals surface area contributed by atoms with Gasteiger partial charge in [-0.2, -0.15) is 0 Å². The molecule has 1 aliphatic heterocycles. The average molecular weight is 327 g/mol. The molecule has 0 N–H and O–H groups in total. The van der Waals surface area contributed by atoms with E-state index in [2.05, 4.69) is 47.8 Å². The van der Waals surface area contributed by atoms with Crippen molar-refractivity contribution in [2.24, 2.45) is 4.99 Å². The Morgan fingerprint density at radius 3 is 2.74 bits per heavy atom. The molecule has 23 heavy (non-hydrogen) atoms. The summed E-state index contributed by atoms with van der Waals surface area (Å²) >= 11 is 1.43. The lowest BCUT2D eigenvalue weighted by molar-refractivity contribution is -0.121. The third kappa shape index (κ3) is 2.70. The van der Waals surface area contributed by atoms with Gasteiger partial charge in [-0.25, -0.2) is 0 Å². The first-order valence-corrected chi connectivity index (χ1v) is 8.62. The average Bonchev–Trinajstić information content (AvgIpc) is 3.07. The van der Waals surface area contributed by atoms with Gasteiger partial charge in [-0.3, -0.25) is 14.7 Å². The largest absolute Gasteiger partial charge is 0.344 e. The van der Waals surface area contributed by atoms with Crippen molar-refractivity contribution >= 4 is 39.8 Å². The van der Waals surface area contributed by atoms with Crippen molar-refractivity contribution in [3.8, 4) is 0 Å². The minimum atomic E-state index is 0.0102. The van der Waals surface area contributed by atoms with Crippen molar-refractivity contribution in [1.82, 2.24) is 9.47 Å². The van der Waals surface area contributed by atoms with Gasteiger partial charge in [-0.1, -0.05) is 25.1 Å². The predicted octanol–water partition coefficient (Wildman–Crippen LogP) is 4.14. The van der Waals surface area contributed by atoms with E-state index in [9.17, 15) is 4.79 Å². The molecule has 1 amide bonds. The van der Waals surface area contributed by atoms with E-state index in [1.54, 1.807) is 19.0 Å². The van der Waals surface area contributed by atoms with Crippen LogP contribution in [-0.4, -0.2) is 34.6 Å². The van der Waals surface area contributed by atoms with Crippen molar-refractivity contribution in [3.05, 3.63) is 40.9 Å². The van der Waals surface area contributed by atoms with E-state index >= 15 is 0 Å². The Hall–Kier alpha value is -2.01. The third-order valence-corrected chi connectivity index (χ3v) is 5.47. The lowest BCUT2D eigenvalue weighted by Crippen LogP contribution is -2.23. The second-order valence-corrected chi connectivity index (χ2v) is 6.76. The van der Waals surface area contributed by atoms with E-state index < -0.39 is 0 Å². The fourth-order valence-electron chi connectivity index (χ4n) is 2.80. The molecular weight excluding hydrogens is 306 g/mol. The lowest BCUT2D eigenvalue weighted by atomic mass is 10.1. The molecule has 1 atom stereocenters. The topological polar surface area (TPSA) is 37.6 Å². The second-order valence-electron chi connectivity index (χ2n) is 5.75. The molecule has 0 aliphatic carbocycles. The van der Waals surface area contributed by atoms with Gasteiger partial charge in [0.05, 0.1) is 4.91 Å². The molecule has 2 aromatic rings. The van der Waals surface area contributed by atoms with Crippen LogP contribution in [0.3, 0.4) is 0 Å². The number of amides is 1. The number of aromatic nitrogens is 1. The van der Waals surface area contributed by atoms with Gasteiger partial charge in [0.2, 0.25) is 0 Å². The fraction of sp³-hybridized carbons (Fsp3) is 0.333. The number of aliphatic imine (C=N–C) groups is 1. The van der Waals surface area contributed by atoms with Crippen LogP contribution in [0.5, 0.6) is 0 Å². The first-order chi connectivity index (χ1) is 11.1. The van der Waals surface area contributed by atoms with E-state index in [1.807, 2.05) is 12.1 Å². The van der Waals surface area contributed by atoms with Gasteiger partial charge in [-0.15, -0.1) is 0 Å². The standard InChI is InChI=1S/C18H21N3OS/c1-5-12(2)21-11-13(14-8-6-7-9-15(14)21)10-16-17(22)20(4)18(19-3)23-16/h6-12H,5H2,1-4H3. The monoisotopic (exact) mass is 327 g/mol. The normalized spacial score (nSPS) is 20.2. The highest BCUT2D eigenvalue weighted by Crippen LogP contribution is 2.34. The molecule has 0 saturated carbocycles. The van der Waals surface area contributed by atoms with Gasteiger partial charge in [0.25, 0.3) is 5.91 Å². The van der Waals surface area contributed by atoms with Gasteiger partial charge in [0, 0.05) is 42.8 Å². The van der Waals surface area contributed by atoms with E-state index in [0.717, 1.165) is 22.1 Å². The van der Waals surface area contributed by atoms with Crippen LogP contribution in [0.2, 0.25) is 0 Å². The van der Waals surface area contributed by atoms with Crippen LogP contribution in [0.15, 0.2) is 40.4 Å². The van der Waals surface area contributed by atoms with Crippen LogP contribution in [0.1, 0.15) is 31.9 Å². The van der Waals surface area contributed by atoms with Crippen molar-refractivity contribution in [1.29, 1.82) is 0 Å². The summed E-state index contributed by atoms with van der Waals surface area (Å²) in [6, 6.07) is 8.78. The van der Waals surface area contributed by atoms with Crippen LogP contribution in [0, 0.1) is 0 Å². The van der Waals surface area contributed by atoms with Crippen LogP contribution in [-0.2, 0) is 4.79 Å². The zero-order valence-corrected chi connectivity index (χ0v) is 14.7. The van der Waals surface area contributed by atoms with Crippen LogP contribution in [0.25, 0.3) is 17.0 Å². The first-order valence-electron chi connectivity index (χ1n) is 7.80. The number of nitrogens with zero attached hydrogens (tertiary/aromatic N) is 3. The van der Waals surface area contributed by atoms with Crippen molar-refractivity contribution in [2.75, 3.05) is 14.1 Å². The van der Waals surface area contributed by atoms with Gasteiger partial charge >= 0.3 is 0 Å². The van der Waals surface area contributed by atoms with E-state index in [-0.39, 0.29) is 5.91 Å². The smallest absolute Gasteiger partial charge is 0.266 e. The van der Waals surface area contributed by atoms with Gasteiger partial charge in [0.1, 0.15) is 0 Å². The van der Waals surface area contributed by atoms with Crippen LogP contribution < -0.4 is 0 Å². The first kappa shape index (κ1) is 15.9. The lowest BCUT2D eigenvalue weighted by Gasteiger charge is -2.12. The molecule has 5 heteroatoms. The van der Waals surface area contributed by atoms with E-state index in [1.165, 1.54) is 22.7 Å². The zero-order chi connectivity index (χ0) is 16.6. The highest BCUT2D eigenvalue weighted by atomic mass is 32.2. The number of benzene rings is 1. The maximum absolute atomic E-state index is 12.4. The number of fused-ring (bicyclic) bond motifs is 1. The minimum absolute atomic E-state index is 0.0102. The SMILES string of the molecule is CCC(C)n1cc(C=C2SC(=NC)N(C)C2=O)c2ccccc21. The highest BCUT2D eigenvalue weighted by Gasteiger charge is 2.30. The predicted molar refractivity (Wildman–Crippen MR) is 98.6 cm³/mol. The van der Waals surface area contributed by atoms with Crippen LogP contribution in [0.4, 0.5) is 0 Å². The van der Waals surface area contributed by atoms with Gasteiger partial charge < -0.3 is 4.57 Å². The second kappa shape index (κ2) is 6.24. The zero-order valence-electron chi connectivity index (χ0n) is 13.9. The summed E-state index contributed by atoms with van der Waals surface area (Å²) in [7, 11) is 3.48. The Labute approximate surface area is 140 Å². The molecule has 0 bridgehead atoms. The number of likely N-dealkylation sites (N-methyl/N-ethyl adjacent to an activating group) is 1. The molecule has 1 unspecified atom stereocenters. The number of carbonyl (C=O) groups excluding carboxylic acids is 1. The molecular formula is C18H21N3OS. The summed E-state index contributed by atoms with van der Waals surface area (Å²) in [5.74, 6) is 0.0102. The summed E-state index contributed by atoms with van der Waals surface area (Å²) < 4.78 is 2.30. The molecule has 3 rings (SSSR count). The molecule has 4 nitrogen and oxygen atoms in total. The Morgan fingerprint density at radius 1 is 1.35 bits per heavy atom. The Kier molecular flexibility index (Phi) is 4.31. The molecule has 1 aromatic carbocycles. The summed E-state index contributed by atoms with van der Waals surface area (Å²) in [5.41, 5.74) is 2.30. The molecule has 1 saturated heterocycles. The van der Waals surface area contributed by atoms with E-state index in [4.69, 9.17) is 0 Å². The summed E-state index contributed by atoms with van der Waals surface area (Å²) in [6.07, 6.45) is 5.21. The van der Waals surface area contributed by atoms with Crippen LogP contribution >= 0.6 is 11.8 Å². The Balaban J connectivity index is 2.11. The maximum Gasteiger partial charge on any atom is 0.266 e. The highest BCUT2D eigenvalue weighted by molar-refractivity contribution is 8.18. The molecule has 120 valence electrons. The number of amidine groups is 1. The molecule has 1 aliphatic rings. The number of hydrogen-bond donors (Lipinski definition) is 0. The maximum atomic E-state index is 12.4. The number of thioether (sulfide) groups is 1. The Bertz CT molecular complexity index is 819. The number of rotatable bonds is 3. The molecule has 2 heterocycles. The number of hydrogen-bond acceptors (Lipinski definition) is 3. The number of para-hydroxylation sites is 1.